The smallest absolute Gasteiger partial charge is 0.224 e. The first-order valence-electron chi connectivity index (χ1n) is 9.35. The number of amides is 1. The van der Waals surface area contributed by atoms with Crippen molar-refractivity contribution < 1.29 is 4.79 Å². The standard InChI is InChI=1S/C21H27NO/c23-21(19-14-15-11-12-18(19)13-15)22-20(16-7-3-1-4-8-16)17-9-5-2-6-10-17/h1,3-4,7-8,11-12,15,17-20H,2,5-6,9-10,13-14H2,(H,22,23)/t15-,18-,19-,20-/m0/s1. The lowest BCUT2D eigenvalue weighted by molar-refractivity contribution is -0.127. The van der Waals surface area contributed by atoms with E-state index in [1.807, 2.05) is 0 Å². The highest BCUT2D eigenvalue weighted by atomic mass is 16.2. The van der Waals surface area contributed by atoms with Crippen molar-refractivity contribution in [1.82, 2.24) is 5.32 Å². The Kier molecular flexibility index (Phi) is 4.24. The summed E-state index contributed by atoms with van der Waals surface area (Å²) in [5.41, 5.74) is 1.28. The summed E-state index contributed by atoms with van der Waals surface area (Å²) in [5.74, 6) is 2.24. The number of carbonyl (C=O) groups excluding carboxylic acids is 1. The van der Waals surface area contributed by atoms with Crippen molar-refractivity contribution in [2.45, 2.75) is 51.0 Å². The van der Waals surface area contributed by atoms with E-state index in [1.165, 1.54) is 44.1 Å². The van der Waals surface area contributed by atoms with Crippen molar-refractivity contribution >= 4 is 5.91 Å². The Balaban J connectivity index is 1.51. The molecule has 0 aromatic heterocycles. The zero-order valence-electron chi connectivity index (χ0n) is 13.8. The summed E-state index contributed by atoms with van der Waals surface area (Å²) in [6.45, 7) is 0. The minimum absolute atomic E-state index is 0.201. The highest BCUT2D eigenvalue weighted by molar-refractivity contribution is 5.80. The third-order valence-electron chi connectivity index (χ3n) is 6.19. The molecule has 4 atom stereocenters. The van der Waals surface area contributed by atoms with E-state index in [0.29, 0.717) is 23.7 Å². The Morgan fingerprint density at radius 3 is 2.43 bits per heavy atom. The van der Waals surface area contributed by atoms with Gasteiger partial charge in [0.15, 0.2) is 0 Å². The second kappa shape index (κ2) is 6.51. The number of rotatable bonds is 4. The Morgan fingerprint density at radius 1 is 1.00 bits per heavy atom. The molecule has 2 nitrogen and oxygen atoms in total. The lowest BCUT2D eigenvalue weighted by atomic mass is 9.80. The average molecular weight is 309 g/mol. The van der Waals surface area contributed by atoms with Gasteiger partial charge in [-0.2, -0.15) is 0 Å². The molecule has 0 unspecified atom stereocenters. The molecular formula is C21H27NO. The van der Waals surface area contributed by atoms with Crippen LogP contribution >= 0.6 is 0 Å². The third-order valence-corrected chi connectivity index (χ3v) is 6.19. The summed E-state index contributed by atoms with van der Waals surface area (Å²) in [5, 5.41) is 3.46. The Morgan fingerprint density at radius 2 is 1.78 bits per heavy atom. The average Bonchev–Trinajstić information content (AvgIpc) is 3.24. The lowest BCUT2D eigenvalue weighted by Gasteiger charge is -2.32. The van der Waals surface area contributed by atoms with Gasteiger partial charge in [0.1, 0.15) is 0 Å². The molecule has 1 aromatic rings. The monoisotopic (exact) mass is 309 g/mol. The van der Waals surface area contributed by atoms with E-state index in [-0.39, 0.29) is 12.0 Å². The summed E-state index contributed by atoms with van der Waals surface area (Å²) in [7, 11) is 0. The van der Waals surface area contributed by atoms with Crippen LogP contribution in [-0.4, -0.2) is 5.91 Å². The molecule has 1 N–H and O–H groups in total. The van der Waals surface area contributed by atoms with Crippen LogP contribution in [0.2, 0.25) is 0 Å². The van der Waals surface area contributed by atoms with Gasteiger partial charge in [-0.1, -0.05) is 61.7 Å². The van der Waals surface area contributed by atoms with Gasteiger partial charge in [-0.15, -0.1) is 0 Å². The number of allylic oxidation sites excluding steroid dienone is 2. The maximum Gasteiger partial charge on any atom is 0.224 e. The summed E-state index contributed by atoms with van der Waals surface area (Å²) < 4.78 is 0. The fourth-order valence-electron chi connectivity index (χ4n) is 4.94. The van der Waals surface area contributed by atoms with Crippen molar-refractivity contribution in [3.05, 3.63) is 48.0 Å². The maximum absolute atomic E-state index is 12.9. The van der Waals surface area contributed by atoms with E-state index in [4.69, 9.17) is 0 Å². The van der Waals surface area contributed by atoms with Crippen molar-refractivity contribution in [2.24, 2.45) is 23.7 Å². The zero-order valence-corrected chi connectivity index (χ0v) is 13.8. The molecule has 0 spiro atoms. The molecule has 3 aliphatic rings. The van der Waals surface area contributed by atoms with Gasteiger partial charge in [0.25, 0.3) is 0 Å². The second-order valence-corrected chi connectivity index (χ2v) is 7.68. The van der Waals surface area contributed by atoms with Crippen LogP contribution in [-0.2, 0) is 4.79 Å². The minimum atomic E-state index is 0.201. The Hall–Kier alpha value is -1.57. The third kappa shape index (κ3) is 3.08. The van der Waals surface area contributed by atoms with Crippen LogP contribution in [0.25, 0.3) is 0 Å². The first-order valence-corrected chi connectivity index (χ1v) is 9.35. The molecule has 0 heterocycles. The second-order valence-electron chi connectivity index (χ2n) is 7.68. The van der Waals surface area contributed by atoms with E-state index in [1.54, 1.807) is 0 Å². The van der Waals surface area contributed by atoms with Crippen LogP contribution < -0.4 is 5.32 Å². The van der Waals surface area contributed by atoms with E-state index in [2.05, 4.69) is 47.8 Å². The summed E-state index contributed by atoms with van der Waals surface area (Å²) in [4.78, 5) is 12.9. The molecule has 2 saturated carbocycles. The highest BCUT2D eigenvalue weighted by Crippen LogP contribution is 2.44. The predicted molar refractivity (Wildman–Crippen MR) is 92.7 cm³/mol. The molecular weight excluding hydrogens is 282 g/mol. The van der Waals surface area contributed by atoms with E-state index < -0.39 is 0 Å². The fourth-order valence-corrected chi connectivity index (χ4v) is 4.94. The van der Waals surface area contributed by atoms with Gasteiger partial charge < -0.3 is 5.32 Å². The molecule has 1 aromatic carbocycles. The van der Waals surface area contributed by atoms with E-state index in [0.717, 1.165) is 6.42 Å². The minimum Gasteiger partial charge on any atom is -0.349 e. The fraction of sp³-hybridized carbons (Fsp3) is 0.571. The zero-order chi connectivity index (χ0) is 15.6. The first kappa shape index (κ1) is 15.0. The SMILES string of the molecule is O=C(N[C@@H](c1ccccc1)C1CCCCC1)[C@H]1C[C@H]2C=C[C@H]1C2. The highest BCUT2D eigenvalue weighted by Gasteiger charge is 2.40. The van der Waals surface area contributed by atoms with Crippen molar-refractivity contribution in [3.8, 4) is 0 Å². The predicted octanol–water partition coefficient (Wildman–Crippen LogP) is 4.64. The Bertz CT molecular complexity index is 573. The number of benzene rings is 1. The molecule has 23 heavy (non-hydrogen) atoms. The molecule has 2 fully saturated rings. The number of carbonyl (C=O) groups is 1. The van der Waals surface area contributed by atoms with Crippen molar-refractivity contribution in [3.63, 3.8) is 0 Å². The van der Waals surface area contributed by atoms with Crippen LogP contribution in [0.1, 0.15) is 56.6 Å². The quantitative estimate of drug-likeness (QED) is 0.807. The van der Waals surface area contributed by atoms with Gasteiger partial charge in [0.05, 0.1) is 6.04 Å². The lowest BCUT2D eigenvalue weighted by Crippen LogP contribution is -2.39. The van der Waals surface area contributed by atoms with Gasteiger partial charge in [0, 0.05) is 5.92 Å². The first-order chi connectivity index (χ1) is 11.3. The largest absolute Gasteiger partial charge is 0.349 e. The topological polar surface area (TPSA) is 29.1 Å². The summed E-state index contributed by atoms with van der Waals surface area (Å²) in [6.07, 6.45) is 13.3. The molecule has 0 aliphatic heterocycles. The van der Waals surface area contributed by atoms with Crippen molar-refractivity contribution in [2.75, 3.05) is 0 Å². The van der Waals surface area contributed by atoms with Gasteiger partial charge in [-0.25, -0.2) is 0 Å². The normalized spacial score (nSPS) is 31.2. The molecule has 2 heteroatoms. The molecule has 0 radical (unpaired) electrons. The van der Waals surface area contributed by atoms with Crippen LogP contribution in [0.5, 0.6) is 0 Å². The number of nitrogens with one attached hydrogen (secondary N) is 1. The molecule has 0 saturated heterocycles. The number of hydrogen-bond acceptors (Lipinski definition) is 1. The number of hydrogen-bond donors (Lipinski definition) is 1. The summed E-state index contributed by atoms with van der Waals surface area (Å²) >= 11 is 0. The van der Waals surface area contributed by atoms with Gasteiger partial charge in [-0.05, 0) is 49.0 Å². The molecule has 3 aliphatic carbocycles. The maximum atomic E-state index is 12.9. The Labute approximate surface area is 139 Å². The van der Waals surface area contributed by atoms with Crippen molar-refractivity contribution in [1.29, 1.82) is 0 Å². The molecule has 1 amide bonds. The van der Waals surface area contributed by atoms with Gasteiger partial charge in [0.2, 0.25) is 5.91 Å². The van der Waals surface area contributed by atoms with Gasteiger partial charge in [-0.3, -0.25) is 4.79 Å². The van der Waals surface area contributed by atoms with Crippen LogP contribution in [0.15, 0.2) is 42.5 Å². The van der Waals surface area contributed by atoms with Crippen LogP contribution in [0.3, 0.4) is 0 Å². The van der Waals surface area contributed by atoms with Crippen LogP contribution in [0.4, 0.5) is 0 Å². The van der Waals surface area contributed by atoms with Gasteiger partial charge >= 0.3 is 0 Å². The molecule has 4 rings (SSSR count). The number of fused-ring (bicyclic) bond motifs is 2. The van der Waals surface area contributed by atoms with E-state index in [9.17, 15) is 4.79 Å². The molecule has 122 valence electrons. The van der Waals surface area contributed by atoms with Crippen LogP contribution in [0, 0.1) is 23.7 Å². The molecule has 2 bridgehead atoms. The summed E-state index contributed by atoms with van der Waals surface area (Å²) in [6, 6.07) is 10.8. The van der Waals surface area contributed by atoms with E-state index >= 15 is 0 Å².